The molecule has 2 N–H and O–H groups in total. The number of carboxylic acids is 2. The second kappa shape index (κ2) is 5.00. The molecule has 0 bridgehead atoms. The summed E-state index contributed by atoms with van der Waals surface area (Å²) in [6.07, 6.45) is -0.531. The molecule has 0 heterocycles. The van der Waals surface area contributed by atoms with Gasteiger partial charge in [0, 0.05) is 5.57 Å². The van der Waals surface area contributed by atoms with Crippen molar-refractivity contribution in [2.24, 2.45) is 5.92 Å². The lowest BCUT2D eigenvalue weighted by molar-refractivity contribution is -0.150. The fourth-order valence-corrected chi connectivity index (χ4v) is 0.759. The second-order valence-corrected chi connectivity index (χ2v) is 2.50. The Morgan fingerprint density at radius 2 is 1.86 bits per heavy atom. The lowest BCUT2D eigenvalue weighted by Gasteiger charge is -2.09. The van der Waals surface area contributed by atoms with Gasteiger partial charge in [-0.25, -0.2) is 4.79 Å². The number of esters is 1. The van der Waals surface area contributed by atoms with Gasteiger partial charge < -0.3 is 14.9 Å². The summed E-state index contributed by atoms with van der Waals surface area (Å²) < 4.78 is 4.22. The Bertz CT molecular complexity index is 280. The standard InChI is InChI=1S/C8H10O6/c1-4(7(10)11)5(8(12)13)3-6(9)14-2/h5H,1,3H2,2H3,(H,10,11)(H,12,13). The van der Waals surface area contributed by atoms with E-state index < -0.39 is 35.8 Å². The Morgan fingerprint density at radius 3 is 2.14 bits per heavy atom. The van der Waals surface area contributed by atoms with Crippen LogP contribution in [-0.4, -0.2) is 35.2 Å². The van der Waals surface area contributed by atoms with Crippen molar-refractivity contribution < 1.29 is 29.3 Å². The molecule has 1 atom stereocenters. The van der Waals surface area contributed by atoms with Crippen LogP contribution in [0.4, 0.5) is 0 Å². The van der Waals surface area contributed by atoms with Gasteiger partial charge in [0.2, 0.25) is 0 Å². The van der Waals surface area contributed by atoms with Crippen LogP contribution in [-0.2, 0) is 19.1 Å². The number of carbonyl (C=O) groups is 3. The highest BCUT2D eigenvalue weighted by molar-refractivity contribution is 5.95. The number of carboxylic acid groups (broad SMARTS) is 2. The van der Waals surface area contributed by atoms with Crippen LogP contribution in [0.1, 0.15) is 6.42 Å². The molecule has 0 rings (SSSR count). The zero-order valence-corrected chi connectivity index (χ0v) is 7.52. The zero-order chi connectivity index (χ0) is 11.3. The van der Waals surface area contributed by atoms with E-state index in [1.807, 2.05) is 0 Å². The van der Waals surface area contributed by atoms with Gasteiger partial charge in [-0.2, -0.15) is 0 Å². The van der Waals surface area contributed by atoms with Crippen molar-refractivity contribution in [1.82, 2.24) is 0 Å². The van der Waals surface area contributed by atoms with E-state index in [-0.39, 0.29) is 0 Å². The molecule has 0 fully saturated rings. The predicted molar refractivity (Wildman–Crippen MR) is 44.5 cm³/mol. The zero-order valence-electron chi connectivity index (χ0n) is 7.52. The Kier molecular flexibility index (Phi) is 4.34. The maximum atomic E-state index is 10.7. The third-order valence-electron chi connectivity index (χ3n) is 1.59. The molecule has 0 aromatic carbocycles. The second-order valence-electron chi connectivity index (χ2n) is 2.50. The molecule has 1 unspecified atom stereocenters. The van der Waals surface area contributed by atoms with E-state index in [2.05, 4.69) is 11.3 Å². The summed E-state index contributed by atoms with van der Waals surface area (Å²) in [6, 6.07) is 0. The van der Waals surface area contributed by atoms with Crippen molar-refractivity contribution in [3.05, 3.63) is 12.2 Å². The Hall–Kier alpha value is -1.85. The number of ether oxygens (including phenoxy) is 1. The van der Waals surface area contributed by atoms with Crippen LogP contribution < -0.4 is 0 Å². The van der Waals surface area contributed by atoms with Crippen LogP contribution in [0.3, 0.4) is 0 Å². The summed E-state index contributed by atoms with van der Waals surface area (Å²) in [6.45, 7) is 3.07. The highest BCUT2D eigenvalue weighted by Crippen LogP contribution is 2.14. The fourth-order valence-electron chi connectivity index (χ4n) is 0.759. The van der Waals surface area contributed by atoms with Crippen molar-refractivity contribution in [2.75, 3.05) is 7.11 Å². The molecule has 0 aliphatic rings. The molecule has 0 saturated heterocycles. The first-order valence-corrected chi connectivity index (χ1v) is 3.61. The minimum absolute atomic E-state index is 0.531. The first-order chi connectivity index (χ1) is 6.40. The van der Waals surface area contributed by atoms with E-state index in [9.17, 15) is 14.4 Å². The van der Waals surface area contributed by atoms with E-state index in [1.165, 1.54) is 0 Å². The molecule has 14 heavy (non-hydrogen) atoms. The summed E-state index contributed by atoms with van der Waals surface area (Å²) >= 11 is 0. The number of rotatable bonds is 5. The molecule has 0 saturated carbocycles. The Labute approximate surface area is 79.8 Å². The molecule has 0 aliphatic heterocycles. The summed E-state index contributed by atoms with van der Waals surface area (Å²) in [7, 11) is 1.09. The van der Waals surface area contributed by atoms with Crippen LogP contribution in [0.15, 0.2) is 12.2 Å². The van der Waals surface area contributed by atoms with Gasteiger partial charge in [-0.1, -0.05) is 6.58 Å². The van der Waals surface area contributed by atoms with Crippen LogP contribution in [0.2, 0.25) is 0 Å². The SMILES string of the molecule is C=C(C(=O)O)C(CC(=O)OC)C(=O)O. The van der Waals surface area contributed by atoms with Gasteiger partial charge in [-0.15, -0.1) is 0 Å². The van der Waals surface area contributed by atoms with Crippen molar-refractivity contribution in [3.8, 4) is 0 Å². The quantitative estimate of drug-likeness (QED) is 0.476. The minimum Gasteiger partial charge on any atom is -0.481 e. The summed E-state index contributed by atoms with van der Waals surface area (Å²) in [5.74, 6) is -5.09. The Balaban J connectivity index is 4.61. The number of hydrogen-bond acceptors (Lipinski definition) is 4. The van der Waals surface area contributed by atoms with E-state index in [4.69, 9.17) is 10.2 Å². The van der Waals surface area contributed by atoms with Crippen molar-refractivity contribution in [3.63, 3.8) is 0 Å². The first kappa shape index (κ1) is 12.2. The lowest BCUT2D eigenvalue weighted by Crippen LogP contribution is -2.24. The molecule has 0 aromatic heterocycles. The lowest BCUT2D eigenvalue weighted by atomic mass is 9.97. The number of carbonyl (C=O) groups excluding carboxylic acids is 1. The van der Waals surface area contributed by atoms with E-state index in [1.54, 1.807) is 0 Å². The molecule has 0 aliphatic carbocycles. The molecule has 0 aromatic rings. The predicted octanol–water partition coefficient (Wildman–Crippen LogP) is -0.109. The van der Waals surface area contributed by atoms with Crippen LogP contribution in [0, 0.1) is 5.92 Å². The van der Waals surface area contributed by atoms with Gasteiger partial charge in [-0.3, -0.25) is 9.59 Å². The maximum absolute atomic E-state index is 10.7. The van der Waals surface area contributed by atoms with Crippen LogP contribution >= 0.6 is 0 Å². The summed E-state index contributed by atoms with van der Waals surface area (Å²) in [5, 5.41) is 17.1. The number of aliphatic carboxylic acids is 2. The van der Waals surface area contributed by atoms with E-state index in [0.29, 0.717) is 0 Å². The van der Waals surface area contributed by atoms with Crippen molar-refractivity contribution >= 4 is 17.9 Å². The first-order valence-electron chi connectivity index (χ1n) is 3.61. The molecule has 6 heteroatoms. The minimum atomic E-state index is -1.44. The monoisotopic (exact) mass is 202 g/mol. The van der Waals surface area contributed by atoms with Crippen molar-refractivity contribution in [1.29, 1.82) is 0 Å². The highest BCUT2D eigenvalue weighted by Gasteiger charge is 2.28. The van der Waals surface area contributed by atoms with Gasteiger partial charge >= 0.3 is 17.9 Å². The van der Waals surface area contributed by atoms with Gasteiger partial charge in [0.25, 0.3) is 0 Å². The Morgan fingerprint density at radius 1 is 1.36 bits per heavy atom. The molecular weight excluding hydrogens is 192 g/mol. The highest BCUT2D eigenvalue weighted by atomic mass is 16.5. The van der Waals surface area contributed by atoms with Crippen molar-refractivity contribution in [2.45, 2.75) is 6.42 Å². The van der Waals surface area contributed by atoms with E-state index >= 15 is 0 Å². The number of methoxy groups -OCH3 is 1. The topological polar surface area (TPSA) is 101 Å². The normalized spacial score (nSPS) is 11.5. The van der Waals surface area contributed by atoms with E-state index in [0.717, 1.165) is 7.11 Å². The average molecular weight is 202 g/mol. The molecular formula is C8H10O6. The third kappa shape index (κ3) is 3.26. The average Bonchev–Trinajstić information content (AvgIpc) is 2.11. The number of hydrogen-bond donors (Lipinski definition) is 2. The fraction of sp³-hybridized carbons (Fsp3) is 0.375. The molecule has 0 radical (unpaired) electrons. The van der Waals surface area contributed by atoms with Crippen LogP contribution in [0.5, 0.6) is 0 Å². The largest absolute Gasteiger partial charge is 0.481 e. The van der Waals surface area contributed by atoms with Gasteiger partial charge in [0.1, 0.15) is 0 Å². The summed E-state index contributed by atoms with van der Waals surface area (Å²) in [4.78, 5) is 31.7. The molecule has 6 nitrogen and oxygen atoms in total. The van der Waals surface area contributed by atoms with Gasteiger partial charge in [-0.05, 0) is 0 Å². The van der Waals surface area contributed by atoms with Gasteiger partial charge in [0.15, 0.2) is 0 Å². The van der Waals surface area contributed by atoms with Crippen LogP contribution in [0.25, 0.3) is 0 Å². The third-order valence-corrected chi connectivity index (χ3v) is 1.59. The van der Waals surface area contributed by atoms with Gasteiger partial charge in [0.05, 0.1) is 19.4 Å². The summed E-state index contributed by atoms with van der Waals surface area (Å²) in [5.41, 5.74) is -0.539. The smallest absolute Gasteiger partial charge is 0.331 e. The molecule has 0 amide bonds. The maximum Gasteiger partial charge on any atom is 0.331 e. The molecule has 0 spiro atoms. The molecule has 78 valence electrons.